The lowest BCUT2D eigenvalue weighted by atomic mass is 9.91. The van der Waals surface area contributed by atoms with Gasteiger partial charge in [0.2, 0.25) is 5.91 Å². The van der Waals surface area contributed by atoms with Gasteiger partial charge < -0.3 is 25.3 Å². The van der Waals surface area contributed by atoms with Gasteiger partial charge in [0.1, 0.15) is 11.2 Å². The molecule has 0 atom stereocenters. The van der Waals surface area contributed by atoms with Crippen LogP contribution in [0.15, 0.2) is 36.8 Å². The van der Waals surface area contributed by atoms with Gasteiger partial charge in [0.15, 0.2) is 0 Å². The Kier molecular flexibility index (Phi) is 3.94. The molecule has 6 rings (SSSR count). The highest BCUT2D eigenvalue weighted by Gasteiger charge is 2.51. The lowest BCUT2D eigenvalue weighted by molar-refractivity contribution is -0.184. The fourth-order valence-electron chi connectivity index (χ4n) is 4.44. The van der Waals surface area contributed by atoms with E-state index in [1.165, 1.54) is 18.4 Å². The summed E-state index contributed by atoms with van der Waals surface area (Å²) >= 11 is 0. The van der Waals surface area contributed by atoms with E-state index < -0.39 is 11.0 Å². The van der Waals surface area contributed by atoms with Crippen LogP contribution < -0.4 is 11.1 Å². The molecule has 4 N–H and O–H groups in total. The fourth-order valence-corrected chi connectivity index (χ4v) is 4.44. The smallest absolute Gasteiger partial charge is 0.229 e. The number of anilines is 1. The van der Waals surface area contributed by atoms with Gasteiger partial charge in [-0.3, -0.25) is 9.78 Å². The normalized spacial score (nSPS) is 20.9. The molecule has 2 aliphatic carbocycles. The van der Waals surface area contributed by atoms with Crippen LogP contribution in [0.5, 0.6) is 0 Å². The summed E-state index contributed by atoms with van der Waals surface area (Å²) in [7, 11) is 0. The van der Waals surface area contributed by atoms with Crippen LogP contribution in [0.4, 0.5) is 5.69 Å². The molecule has 31 heavy (non-hydrogen) atoms. The van der Waals surface area contributed by atoms with Crippen molar-refractivity contribution in [2.45, 2.75) is 49.2 Å². The van der Waals surface area contributed by atoms with Gasteiger partial charge in [-0.05, 0) is 55.4 Å². The first-order chi connectivity index (χ1) is 15.0. The molecule has 1 aliphatic heterocycles. The minimum absolute atomic E-state index is 0.304. The van der Waals surface area contributed by atoms with Crippen molar-refractivity contribution >= 4 is 17.2 Å². The van der Waals surface area contributed by atoms with E-state index in [1.54, 1.807) is 6.20 Å². The molecule has 0 spiro atoms. The number of carbonyl (C=O) groups is 1. The molecular formula is C23H25N5O3. The summed E-state index contributed by atoms with van der Waals surface area (Å²) in [5.41, 5.74) is 9.35. The standard InChI is InChI=1S/C23H25N5O3/c24-21(29)22(4-5-22)19-8-16(3-6-25-19)26-9-17-11-28-10-15(14-1-2-14)7-18(20(28)27-17)23(30)12-31-13-23/h3,6-8,10-11,14,30H,1-2,4-5,9,12-13H2,(H2,24,29)(H,25,26). The summed E-state index contributed by atoms with van der Waals surface area (Å²) in [6.45, 7) is 1.12. The maximum Gasteiger partial charge on any atom is 0.229 e. The molecule has 8 nitrogen and oxygen atoms in total. The number of nitrogens with two attached hydrogens (primary N) is 1. The van der Waals surface area contributed by atoms with Crippen LogP contribution in [0, 0.1) is 0 Å². The number of nitrogens with one attached hydrogen (secondary N) is 1. The van der Waals surface area contributed by atoms with Gasteiger partial charge in [0.05, 0.1) is 36.6 Å². The van der Waals surface area contributed by atoms with Crippen LogP contribution >= 0.6 is 0 Å². The number of primary amides is 1. The van der Waals surface area contributed by atoms with Crippen molar-refractivity contribution in [2.24, 2.45) is 5.73 Å². The number of amides is 1. The van der Waals surface area contributed by atoms with E-state index in [0.29, 0.717) is 25.7 Å². The second-order valence-corrected chi connectivity index (χ2v) is 9.18. The maximum absolute atomic E-state index is 11.8. The number of rotatable bonds is 7. The fraction of sp³-hybridized carbons (Fsp3) is 0.435. The number of aliphatic hydroxyl groups is 1. The van der Waals surface area contributed by atoms with E-state index in [4.69, 9.17) is 15.5 Å². The molecule has 3 fully saturated rings. The van der Waals surface area contributed by atoms with Gasteiger partial charge >= 0.3 is 0 Å². The number of hydrogen-bond donors (Lipinski definition) is 3. The monoisotopic (exact) mass is 419 g/mol. The zero-order valence-corrected chi connectivity index (χ0v) is 17.2. The molecule has 8 heteroatoms. The number of imidazole rings is 1. The molecule has 0 radical (unpaired) electrons. The molecule has 4 heterocycles. The van der Waals surface area contributed by atoms with E-state index >= 15 is 0 Å². The number of pyridine rings is 2. The van der Waals surface area contributed by atoms with Crippen LogP contribution in [-0.4, -0.2) is 38.6 Å². The molecule has 1 saturated heterocycles. The Bertz CT molecular complexity index is 1190. The van der Waals surface area contributed by atoms with Crippen molar-refractivity contribution in [2.75, 3.05) is 18.5 Å². The largest absolute Gasteiger partial charge is 0.380 e. The highest BCUT2D eigenvalue weighted by molar-refractivity contribution is 5.89. The molecule has 0 unspecified atom stereocenters. The summed E-state index contributed by atoms with van der Waals surface area (Å²) < 4.78 is 7.32. The number of carbonyl (C=O) groups excluding carboxylic acids is 1. The number of aromatic nitrogens is 3. The van der Waals surface area contributed by atoms with Crippen molar-refractivity contribution in [3.63, 3.8) is 0 Å². The molecule has 0 aromatic carbocycles. The predicted molar refractivity (Wildman–Crippen MR) is 114 cm³/mol. The Morgan fingerprint density at radius 1 is 1.29 bits per heavy atom. The first-order valence-electron chi connectivity index (χ1n) is 10.8. The minimum Gasteiger partial charge on any atom is -0.380 e. The molecule has 2 saturated carbocycles. The zero-order chi connectivity index (χ0) is 21.2. The van der Waals surface area contributed by atoms with Crippen LogP contribution in [0.25, 0.3) is 5.65 Å². The number of nitrogens with zero attached hydrogens (tertiary/aromatic N) is 3. The van der Waals surface area contributed by atoms with Crippen molar-refractivity contribution in [3.05, 3.63) is 59.3 Å². The van der Waals surface area contributed by atoms with Crippen LogP contribution in [-0.2, 0) is 27.1 Å². The van der Waals surface area contributed by atoms with Crippen molar-refractivity contribution in [3.8, 4) is 0 Å². The Labute approximate surface area is 179 Å². The highest BCUT2D eigenvalue weighted by Crippen LogP contribution is 2.47. The first kappa shape index (κ1) is 18.8. The quantitative estimate of drug-likeness (QED) is 0.539. The van der Waals surface area contributed by atoms with Crippen molar-refractivity contribution < 1.29 is 14.6 Å². The lowest BCUT2D eigenvalue weighted by Crippen LogP contribution is -2.46. The minimum atomic E-state index is -0.963. The average molecular weight is 419 g/mol. The summed E-state index contributed by atoms with van der Waals surface area (Å²) in [5, 5.41) is 14.3. The Morgan fingerprint density at radius 2 is 2.10 bits per heavy atom. The van der Waals surface area contributed by atoms with Gasteiger partial charge in [-0.1, -0.05) is 0 Å². The van der Waals surface area contributed by atoms with E-state index in [0.717, 1.165) is 41.1 Å². The van der Waals surface area contributed by atoms with E-state index in [-0.39, 0.29) is 5.91 Å². The third-order valence-corrected chi connectivity index (χ3v) is 6.80. The molecule has 3 aromatic heterocycles. The first-order valence-corrected chi connectivity index (χ1v) is 10.8. The predicted octanol–water partition coefficient (Wildman–Crippen LogP) is 1.95. The zero-order valence-electron chi connectivity index (χ0n) is 17.2. The van der Waals surface area contributed by atoms with E-state index in [2.05, 4.69) is 22.6 Å². The molecule has 0 bridgehead atoms. The number of ether oxygens (including phenoxy) is 1. The third kappa shape index (κ3) is 3.09. The second kappa shape index (κ2) is 6.51. The second-order valence-electron chi connectivity index (χ2n) is 9.18. The average Bonchev–Trinajstić information content (AvgIpc) is 3.66. The SMILES string of the molecule is NC(=O)C1(c2cc(NCc3cn4cc(C5CC5)cc(C5(O)COC5)c4n3)ccn2)CC1. The highest BCUT2D eigenvalue weighted by atomic mass is 16.5. The van der Waals surface area contributed by atoms with Gasteiger partial charge in [0.25, 0.3) is 0 Å². The van der Waals surface area contributed by atoms with E-state index in [9.17, 15) is 9.90 Å². The summed E-state index contributed by atoms with van der Waals surface area (Å²) in [6.07, 6.45) is 9.74. The number of fused-ring (bicyclic) bond motifs is 1. The molecule has 3 aromatic rings. The lowest BCUT2D eigenvalue weighted by Gasteiger charge is -2.37. The Balaban J connectivity index is 1.28. The summed E-state index contributed by atoms with van der Waals surface area (Å²) in [6, 6.07) is 5.88. The third-order valence-electron chi connectivity index (χ3n) is 6.80. The van der Waals surface area contributed by atoms with Crippen molar-refractivity contribution in [1.29, 1.82) is 0 Å². The summed E-state index contributed by atoms with van der Waals surface area (Å²) in [5.74, 6) is 0.265. The molecule has 1 amide bonds. The van der Waals surface area contributed by atoms with Gasteiger partial charge in [-0.15, -0.1) is 0 Å². The molecule has 3 aliphatic rings. The summed E-state index contributed by atoms with van der Waals surface area (Å²) in [4.78, 5) is 21.0. The van der Waals surface area contributed by atoms with Crippen LogP contribution in [0.3, 0.4) is 0 Å². The van der Waals surface area contributed by atoms with Gasteiger partial charge in [-0.2, -0.15) is 0 Å². The van der Waals surface area contributed by atoms with Crippen LogP contribution in [0.1, 0.15) is 54.1 Å². The van der Waals surface area contributed by atoms with Gasteiger partial charge in [0, 0.05) is 29.8 Å². The van der Waals surface area contributed by atoms with Gasteiger partial charge in [-0.25, -0.2) is 4.98 Å². The maximum atomic E-state index is 11.8. The molecule has 160 valence electrons. The van der Waals surface area contributed by atoms with E-state index in [1.807, 2.05) is 22.7 Å². The number of hydrogen-bond acceptors (Lipinski definition) is 6. The van der Waals surface area contributed by atoms with Crippen molar-refractivity contribution in [1.82, 2.24) is 14.4 Å². The topological polar surface area (TPSA) is 115 Å². The molecular weight excluding hydrogens is 394 g/mol. The Morgan fingerprint density at radius 3 is 2.74 bits per heavy atom. The Hall–Kier alpha value is -2.97. The van der Waals surface area contributed by atoms with Crippen LogP contribution in [0.2, 0.25) is 0 Å².